The quantitative estimate of drug-likeness (QED) is 0.753. The van der Waals surface area contributed by atoms with Crippen LogP contribution < -0.4 is 0 Å². The number of H-pyrrole nitrogens is 1. The molecule has 122 valence electrons. The summed E-state index contributed by atoms with van der Waals surface area (Å²) in [6.45, 7) is 3.34. The molecule has 3 heterocycles. The van der Waals surface area contributed by atoms with E-state index in [0.717, 1.165) is 0 Å². The third kappa shape index (κ3) is 3.29. The fraction of sp³-hybridized carbons (Fsp3) is 0.357. The van der Waals surface area contributed by atoms with Gasteiger partial charge in [-0.25, -0.2) is 18.4 Å². The second-order valence-corrected chi connectivity index (χ2v) is 5.72. The summed E-state index contributed by atoms with van der Waals surface area (Å²) in [5.74, 6) is 0.989. The van der Waals surface area contributed by atoms with E-state index in [-0.39, 0.29) is 29.6 Å². The van der Waals surface area contributed by atoms with Gasteiger partial charge in [0.1, 0.15) is 11.4 Å². The Kier molecular flexibility index (Phi) is 3.72. The van der Waals surface area contributed by atoms with Crippen LogP contribution in [0.25, 0.3) is 23.1 Å². The molecule has 0 bridgehead atoms. The smallest absolute Gasteiger partial charge is 0.279 e. The molecule has 3 aromatic rings. The summed E-state index contributed by atoms with van der Waals surface area (Å²) >= 11 is 0. The lowest BCUT2D eigenvalue weighted by molar-refractivity contribution is 0.0582. The van der Waals surface area contributed by atoms with Crippen molar-refractivity contribution in [2.24, 2.45) is 0 Å². The molecule has 23 heavy (non-hydrogen) atoms. The number of hydrogen-bond donors (Lipinski definition) is 2. The van der Waals surface area contributed by atoms with Gasteiger partial charge in [0.25, 0.3) is 6.43 Å². The van der Waals surface area contributed by atoms with Crippen LogP contribution in [0.15, 0.2) is 28.9 Å². The van der Waals surface area contributed by atoms with Crippen molar-refractivity contribution in [3.05, 3.63) is 30.2 Å². The van der Waals surface area contributed by atoms with Crippen LogP contribution >= 0.6 is 0 Å². The van der Waals surface area contributed by atoms with Gasteiger partial charge in [0.15, 0.2) is 11.6 Å². The van der Waals surface area contributed by atoms with Crippen LogP contribution in [0, 0.1) is 0 Å². The average Bonchev–Trinajstić information content (AvgIpc) is 3.16. The lowest BCUT2D eigenvalue weighted by atomic mass is 10.1. The van der Waals surface area contributed by atoms with Crippen LogP contribution in [0.5, 0.6) is 0 Å². The van der Waals surface area contributed by atoms with E-state index in [1.807, 2.05) is 0 Å². The Morgan fingerprint density at radius 3 is 2.78 bits per heavy atom. The second-order valence-electron chi connectivity index (χ2n) is 5.72. The van der Waals surface area contributed by atoms with Gasteiger partial charge in [0, 0.05) is 0 Å². The third-order valence-electron chi connectivity index (χ3n) is 3.01. The average molecular weight is 323 g/mol. The molecule has 0 amide bonds. The van der Waals surface area contributed by atoms with Crippen LogP contribution in [0.4, 0.5) is 8.78 Å². The maximum Gasteiger partial charge on any atom is 0.279 e. The van der Waals surface area contributed by atoms with Gasteiger partial charge in [-0.15, -0.1) is 5.10 Å². The molecule has 0 aromatic carbocycles. The van der Waals surface area contributed by atoms with Gasteiger partial charge in [0.2, 0.25) is 5.82 Å². The van der Waals surface area contributed by atoms with Gasteiger partial charge >= 0.3 is 0 Å². The summed E-state index contributed by atoms with van der Waals surface area (Å²) < 4.78 is 32.1. The van der Waals surface area contributed by atoms with Gasteiger partial charge < -0.3 is 9.52 Å². The van der Waals surface area contributed by atoms with Crippen molar-refractivity contribution in [2.45, 2.75) is 32.4 Å². The van der Waals surface area contributed by atoms with E-state index in [9.17, 15) is 13.9 Å². The molecule has 3 aromatic heterocycles. The Morgan fingerprint density at radius 1 is 1.43 bits per heavy atom. The highest BCUT2D eigenvalue weighted by Crippen LogP contribution is 2.25. The summed E-state index contributed by atoms with van der Waals surface area (Å²) in [6, 6.07) is 4.58. The molecule has 0 aliphatic carbocycles. The minimum atomic E-state index is -2.66. The SMILES string of the molecule is CC(C)(O)Cn1nc(-c2ccco2)nc1-c1cc(C(F)F)[nH]n1. The highest BCUT2D eigenvalue weighted by atomic mass is 19.3. The van der Waals surface area contributed by atoms with Crippen LogP contribution in [-0.2, 0) is 6.54 Å². The van der Waals surface area contributed by atoms with E-state index in [2.05, 4.69) is 20.3 Å². The van der Waals surface area contributed by atoms with Crippen molar-refractivity contribution in [1.29, 1.82) is 0 Å². The number of aromatic amines is 1. The first-order valence-corrected chi connectivity index (χ1v) is 6.88. The fourth-order valence-electron chi connectivity index (χ4n) is 2.08. The zero-order chi connectivity index (χ0) is 16.6. The van der Waals surface area contributed by atoms with Gasteiger partial charge in [0.05, 0.1) is 18.4 Å². The van der Waals surface area contributed by atoms with E-state index in [4.69, 9.17) is 4.42 Å². The van der Waals surface area contributed by atoms with Crippen LogP contribution in [0.3, 0.4) is 0 Å². The van der Waals surface area contributed by atoms with Crippen molar-refractivity contribution in [2.75, 3.05) is 0 Å². The number of nitrogens with zero attached hydrogens (tertiary/aromatic N) is 4. The number of rotatable bonds is 5. The molecule has 0 radical (unpaired) electrons. The lowest BCUT2D eigenvalue weighted by Gasteiger charge is -2.17. The Morgan fingerprint density at radius 2 is 2.22 bits per heavy atom. The number of alkyl halides is 2. The molecule has 0 atom stereocenters. The van der Waals surface area contributed by atoms with Crippen molar-refractivity contribution in [3.63, 3.8) is 0 Å². The predicted molar refractivity (Wildman–Crippen MR) is 76.6 cm³/mol. The van der Waals surface area contributed by atoms with E-state index in [1.165, 1.54) is 17.0 Å². The minimum Gasteiger partial charge on any atom is -0.461 e. The molecule has 3 rings (SSSR count). The number of aromatic nitrogens is 5. The first kappa shape index (κ1) is 15.3. The standard InChI is InChI=1S/C14H15F2N5O2/c1-14(2,22)7-21-13(9-6-8(11(15)16)18-19-9)17-12(20-21)10-4-3-5-23-10/h3-6,11,22H,7H2,1-2H3,(H,18,19). The molecule has 0 saturated carbocycles. The number of halogens is 2. The van der Waals surface area contributed by atoms with E-state index in [1.54, 1.807) is 26.0 Å². The Hall–Kier alpha value is -2.55. The Balaban J connectivity index is 2.05. The second kappa shape index (κ2) is 5.58. The molecular formula is C14H15F2N5O2. The van der Waals surface area contributed by atoms with Crippen molar-refractivity contribution in [1.82, 2.24) is 25.0 Å². The Bertz CT molecular complexity index is 787. The fourth-order valence-corrected chi connectivity index (χ4v) is 2.08. The summed E-state index contributed by atoms with van der Waals surface area (Å²) in [4.78, 5) is 4.30. The van der Waals surface area contributed by atoms with Crippen LogP contribution in [-0.4, -0.2) is 35.7 Å². The normalized spacial score (nSPS) is 12.3. The zero-order valence-corrected chi connectivity index (χ0v) is 12.5. The van der Waals surface area contributed by atoms with Gasteiger partial charge in [-0.1, -0.05) is 0 Å². The minimum absolute atomic E-state index is 0.118. The summed E-state index contributed by atoms with van der Waals surface area (Å²) in [5, 5.41) is 20.4. The molecule has 0 unspecified atom stereocenters. The summed E-state index contributed by atoms with van der Waals surface area (Å²) in [5.41, 5.74) is -1.16. The molecule has 9 heteroatoms. The Labute approximate surface area is 130 Å². The van der Waals surface area contributed by atoms with Crippen LogP contribution in [0.1, 0.15) is 26.0 Å². The predicted octanol–water partition coefficient (Wildman–Crippen LogP) is 2.64. The maximum absolute atomic E-state index is 12.7. The number of hydrogen-bond acceptors (Lipinski definition) is 5. The molecule has 0 fully saturated rings. The van der Waals surface area contributed by atoms with Gasteiger partial charge in [-0.05, 0) is 32.0 Å². The zero-order valence-electron chi connectivity index (χ0n) is 12.5. The molecule has 0 aliphatic rings. The number of aliphatic hydroxyl groups is 1. The van der Waals surface area contributed by atoms with Crippen molar-refractivity contribution in [3.8, 4) is 23.1 Å². The molecule has 0 spiro atoms. The van der Waals surface area contributed by atoms with E-state index >= 15 is 0 Å². The van der Waals surface area contributed by atoms with Gasteiger partial charge in [-0.2, -0.15) is 5.10 Å². The summed E-state index contributed by atoms with van der Waals surface area (Å²) in [7, 11) is 0. The first-order chi connectivity index (χ1) is 10.8. The van der Waals surface area contributed by atoms with Gasteiger partial charge in [-0.3, -0.25) is 5.10 Å². The summed E-state index contributed by atoms with van der Waals surface area (Å²) in [6.07, 6.45) is -1.18. The molecular weight excluding hydrogens is 308 g/mol. The number of furan rings is 1. The number of nitrogens with one attached hydrogen (secondary N) is 1. The highest BCUT2D eigenvalue weighted by molar-refractivity contribution is 5.55. The third-order valence-corrected chi connectivity index (χ3v) is 3.01. The largest absolute Gasteiger partial charge is 0.461 e. The maximum atomic E-state index is 12.7. The van der Waals surface area contributed by atoms with E-state index in [0.29, 0.717) is 5.76 Å². The monoisotopic (exact) mass is 323 g/mol. The molecule has 0 saturated heterocycles. The first-order valence-electron chi connectivity index (χ1n) is 6.88. The topological polar surface area (TPSA) is 92.8 Å². The van der Waals surface area contributed by atoms with Crippen molar-refractivity contribution >= 4 is 0 Å². The molecule has 0 aliphatic heterocycles. The van der Waals surface area contributed by atoms with Crippen LogP contribution in [0.2, 0.25) is 0 Å². The molecule has 7 nitrogen and oxygen atoms in total. The molecule has 2 N–H and O–H groups in total. The lowest BCUT2D eigenvalue weighted by Crippen LogP contribution is -2.27. The van der Waals surface area contributed by atoms with Crippen molar-refractivity contribution < 1.29 is 18.3 Å². The van der Waals surface area contributed by atoms with E-state index < -0.39 is 12.0 Å². The highest BCUT2D eigenvalue weighted by Gasteiger charge is 2.23.